The zero-order valence-corrected chi connectivity index (χ0v) is 15.6. The molecule has 0 spiro atoms. The van der Waals surface area contributed by atoms with Crippen molar-refractivity contribution in [2.45, 2.75) is 37.5 Å². The van der Waals surface area contributed by atoms with Crippen molar-refractivity contribution in [3.05, 3.63) is 65.5 Å². The summed E-state index contributed by atoms with van der Waals surface area (Å²) in [6.07, 6.45) is 6.03. The van der Waals surface area contributed by atoms with E-state index in [9.17, 15) is 8.78 Å². The minimum atomic E-state index is -0.534. The number of aromatic nitrogens is 1. The van der Waals surface area contributed by atoms with E-state index >= 15 is 0 Å². The van der Waals surface area contributed by atoms with E-state index in [1.807, 2.05) is 18.2 Å². The van der Waals surface area contributed by atoms with Crippen LogP contribution in [0.4, 0.5) is 8.78 Å². The Kier molecular flexibility index (Phi) is 6.37. The quantitative estimate of drug-likeness (QED) is 0.602. The first-order valence-electron chi connectivity index (χ1n) is 9.43. The van der Waals surface area contributed by atoms with Gasteiger partial charge in [0, 0.05) is 49.4 Å². The highest BCUT2D eigenvalue weighted by molar-refractivity contribution is 5.79. The summed E-state index contributed by atoms with van der Waals surface area (Å²) in [7, 11) is 1.70. The molecule has 4 nitrogen and oxygen atoms in total. The van der Waals surface area contributed by atoms with Gasteiger partial charge in [-0.25, -0.2) is 8.78 Å². The molecule has 0 atom stereocenters. The van der Waals surface area contributed by atoms with E-state index in [1.54, 1.807) is 13.2 Å². The fraction of sp³-hybridized carbons (Fsp3) is 0.429. The van der Waals surface area contributed by atoms with Crippen LogP contribution in [0, 0.1) is 11.6 Å². The van der Waals surface area contributed by atoms with Gasteiger partial charge in [0.25, 0.3) is 0 Å². The van der Waals surface area contributed by atoms with Crippen molar-refractivity contribution >= 4 is 5.96 Å². The maximum Gasteiger partial charge on any atom is 0.191 e. The Morgan fingerprint density at radius 1 is 1.07 bits per heavy atom. The Morgan fingerprint density at radius 3 is 2.44 bits per heavy atom. The highest BCUT2D eigenvalue weighted by atomic mass is 19.1. The van der Waals surface area contributed by atoms with Crippen molar-refractivity contribution < 1.29 is 8.78 Å². The molecule has 2 N–H and O–H groups in total. The van der Waals surface area contributed by atoms with Crippen LogP contribution in [0.15, 0.2) is 47.6 Å². The molecular formula is C21H26F2N4. The number of benzene rings is 1. The lowest BCUT2D eigenvalue weighted by molar-refractivity contribution is 0.386. The van der Waals surface area contributed by atoms with Crippen LogP contribution in [0.3, 0.4) is 0 Å². The summed E-state index contributed by atoms with van der Waals surface area (Å²) in [4.78, 5) is 8.53. The summed E-state index contributed by atoms with van der Waals surface area (Å²) in [5.74, 6) is -0.289. The average Bonchev–Trinajstić information content (AvgIpc) is 3.15. The Hall–Kier alpha value is -2.50. The normalized spacial score (nSPS) is 16.3. The van der Waals surface area contributed by atoms with Gasteiger partial charge in [0.2, 0.25) is 0 Å². The number of nitrogens with one attached hydrogen (secondary N) is 2. The summed E-state index contributed by atoms with van der Waals surface area (Å²) in [5.41, 5.74) is 0.675. The predicted molar refractivity (Wildman–Crippen MR) is 104 cm³/mol. The maximum absolute atomic E-state index is 14.4. The van der Waals surface area contributed by atoms with E-state index in [-0.39, 0.29) is 5.56 Å². The summed E-state index contributed by atoms with van der Waals surface area (Å²) in [5, 5.41) is 6.53. The van der Waals surface area contributed by atoms with E-state index in [0.717, 1.165) is 37.8 Å². The Balaban J connectivity index is 1.63. The van der Waals surface area contributed by atoms with Gasteiger partial charge in [0.05, 0.1) is 0 Å². The topological polar surface area (TPSA) is 49.3 Å². The van der Waals surface area contributed by atoms with Gasteiger partial charge in [-0.1, -0.05) is 25.0 Å². The molecule has 1 heterocycles. The van der Waals surface area contributed by atoms with Crippen molar-refractivity contribution in [2.75, 3.05) is 20.1 Å². The molecule has 1 saturated carbocycles. The number of nitrogens with zero attached hydrogens (tertiary/aromatic N) is 2. The second-order valence-electron chi connectivity index (χ2n) is 7.01. The van der Waals surface area contributed by atoms with E-state index in [1.165, 1.54) is 18.2 Å². The van der Waals surface area contributed by atoms with E-state index < -0.39 is 17.0 Å². The number of guanidine groups is 1. The van der Waals surface area contributed by atoms with Gasteiger partial charge in [0.15, 0.2) is 5.96 Å². The van der Waals surface area contributed by atoms with Crippen LogP contribution in [-0.4, -0.2) is 31.1 Å². The summed E-state index contributed by atoms with van der Waals surface area (Å²) >= 11 is 0. The summed E-state index contributed by atoms with van der Waals surface area (Å²) < 4.78 is 28.8. The van der Waals surface area contributed by atoms with Gasteiger partial charge in [-0.3, -0.25) is 9.98 Å². The minimum absolute atomic E-state index is 0.207. The molecule has 1 aromatic carbocycles. The smallest absolute Gasteiger partial charge is 0.191 e. The van der Waals surface area contributed by atoms with Crippen molar-refractivity contribution in [1.82, 2.24) is 15.6 Å². The number of aliphatic imine (C=N–C) groups is 1. The molecule has 2 aromatic rings. The molecule has 0 radical (unpaired) electrons. The summed E-state index contributed by atoms with van der Waals surface area (Å²) in [6.45, 7) is 1.13. The van der Waals surface area contributed by atoms with Crippen molar-refractivity contribution in [2.24, 2.45) is 4.99 Å². The van der Waals surface area contributed by atoms with Gasteiger partial charge >= 0.3 is 0 Å². The van der Waals surface area contributed by atoms with Gasteiger partial charge in [-0.2, -0.15) is 0 Å². The average molecular weight is 372 g/mol. The number of halogens is 2. The number of hydrogen-bond acceptors (Lipinski definition) is 2. The molecule has 1 fully saturated rings. The number of pyridine rings is 1. The van der Waals surface area contributed by atoms with Crippen LogP contribution in [0.25, 0.3) is 0 Å². The molecule has 27 heavy (non-hydrogen) atoms. The van der Waals surface area contributed by atoms with Gasteiger partial charge in [0.1, 0.15) is 11.6 Å². The molecular weight excluding hydrogens is 346 g/mol. The summed E-state index contributed by atoms with van der Waals surface area (Å²) in [6, 6.07) is 9.94. The lowest BCUT2D eigenvalue weighted by atomic mass is 9.78. The Morgan fingerprint density at radius 2 is 1.81 bits per heavy atom. The molecule has 3 rings (SSSR count). The monoisotopic (exact) mass is 372 g/mol. The zero-order valence-electron chi connectivity index (χ0n) is 15.6. The fourth-order valence-corrected chi connectivity index (χ4v) is 3.90. The van der Waals surface area contributed by atoms with E-state index in [2.05, 4.69) is 20.6 Å². The molecule has 0 saturated heterocycles. The van der Waals surface area contributed by atoms with Crippen molar-refractivity contribution in [1.29, 1.82) is 0 Å². The van der Waals surface area contributed by atoms with E-state index in [0.29, 0.717) is 19.0 Å². The fourth-order valence-electron chi connectivity index (χ4n) is 3.90. The van der Waals surface area contributed by atoms with Crippen LogP contribution in [0.5, 0.6) is 0 Å². The van der Waals surface area contributed by atoms with Crippen LogP contribution < -0.4 is 10.6 Å². The van der Waals surface area contributed by atoms with Crippen molar-refractivity contribution in [3.63, 3.8) is 0 Å². The van der Waals surface area contributed by atoms with Gasteiger partial charge in [-0.05, 0) is 37.1 Å². The minimum Gasteiger partial charge on any atom is -0.356 e. The maximum atomic E-state index is 14.4. The molecule has 1 aliphatic rings. The molecule has 1 aromatic heterocycles. The second kappa shape index (κ2) is 8.93. The third-order valence-electron chi connectivity index (χ3n) is 5.27. The van der Waals surface area contributed by atoms with Crippen LogP contribution in [0.1, 0.15) is 36.9 Å². The molecule has 6 heteroatoms. The van der Waals surface area contributed by atoms with Gasteiger partial charge < -0.3 is 10.6 Å². The largest absolute Gasteiger partial charge is 0.356 e. The lowest BCUT2D eigenvalue weighted by Gasteiger charge is -2.31. The molecule has 144 valence electrons. The standard InChI is InChI=1S/C21H26F2N4/c1-24-20(26-14-10-16-7-2-5-13-25-16)27-15-21(11-3-4-12-21)19-17(22)8-6-9-18(19)23/h2,5-9,13H,3-4,10-12,14-15H2,1H3,(H2,24,26,27). The Bertz CT molecular complexity index is 751. The first-order chi connectivity index (χ1) is 13.1. The molecule has 0 unspecified atom stereocenters. The molecule has 0 amide bonds. The van der Waals surface area contributed by atoms with Crippen LogP contribution in [-0.2, 0) is 11.8 Å². The molecule has 0 bridgehead atoms. The SMILES string of the molecule is CN=C(NCCc1ccccn1)NCC1(c2c(F)cccc2F)CCCC1. The van der Waals surface area contributed by atoms with Crippen molar-refractivity contribution in [3.8, 4) is 0 Å². The van der Waals surface area contributed by atoms with Gasteiger partial charge in [-0.15, -0.1) is 0 Å². The second-order valence-corrected chi connectivity index (χ2v) is 7.01. The molecule has 1 aliphatic carbocycles. The highest BCUT2D eigenvalue weighted by Crippen LogP contribution is 2.42. The first kappa shape index (κ1) is 19.3. The number of hydrogen-bond donors (Lipinski definition) is 2. The third-order valence-corrected chi connectivity index (χ3v) is 5.27. The number of rotatable bonds is 6. The predicted octanol–water partition coefficient (Wildman–Crippen LogP) is 3.58. The third kappa shape index (κ3) is 4.62. The van der Waals surface area contributed by atoms with Crippen LogP contribution >= 0.6 is 0 Å². The zero-order chi connectivity index (χ0) is 19.1. The highest BCUT2D eigenvalue weighted by Gasteiger charge is 2.39. The lowest BCUT2D eigenvalue weighted by Crippen LogP contribution is -2.45. The molecule has 0 aliphatic heterocycles. The van der Waals surface area contributed by atoms with E-state index in [4.69, 9.17) is 0 Å². The van der Waals surface area contributed by atoms with Crippen LogP contribution in [0.2, 0.25) is 0 Å². The Labute approximate surface area is 159 Å². The first-order valence-corrected chi connectivity index (χ1v) is 9.43.